The lowest BCUT2D eigenvalue weighted by Gasteiger charge is -2.25. The molecule has 5 aromatic rings. The number of nitrogens with one attached hydrogen (secondary N) is 3. The van der Waals surface area contributed by atoms with Crippen LogP contribution in [0.1, 0.15) is 59.5 Å². The second kappa shape index (κ2) is 12.4. The number of carbonyl (C=O) groups excluding carboxylic acids is 2. The van der Waals surface area contributed by atoms with Crippen molar-refractivity contribution in [2.45, 2.75) is 44.6 Å². The van der Waals surface area contributed by atoms with Crippen molar-refractivity contribution in [2.24, 2.45) is 0 Å². The third kappa shape index (κ3) is 6.23. The third-order valence-electron chi connectivity index (χ3n) is 7.32. The van der Waals surface area contributed by atoms with E-state index in [9.17, 15) is 9.59 Å². The average Bonchev–Trinajstić information content (AvgIpc) is 3.69. The molecule has 1 saturated carbocycles. The molecule has 0 atom stereocenters. The second-order valence-electron chi connectivity index (χ2n) is 10.1. The molecule has 0 aliphatic heterocycles. The first-order valence-corrected chi connectivity index (χ1v) is 15.1. The Balaban J connectivity index is 1.24. The van der Waals surface area contributed by atoms with Gasteiger partial charge in [0.25, 0.3) is 11.9 Å². The molecule has 2 heterocycles. The van der Waals surface area contributed by atoms with E-state index in [1.54, 1.807) is 41.3 Å². The molecule has 214 valence electrons. The second-order valence-corrected chi connectivity index (χ2v) is 11.8. The number of benzene rings is 3. The molecule has 0 saturated heterocycles. The number of hydrogen-bond donors (Lipinski definition) is 3. The van der Waals surface area contributed by atoms with Gasteiger partial charge in [0.15, 0.2) is 5.13 Å². The molecule has 0 bridgehead atoms. The number of aromatic nitrogens is 5. The van der Waals surface area contributed by atoms with E-state index in [4.69, 9.17) is 23.2 Å². The van der Waals surface area contributed by atoms with E-state index in [0.29, 0.717) is 36.9 Å². The van der Waals surface area contributed by atoms with Crippen LogP contribution < -0.4 is 15.5 Å². The number of thiazole rings is 1. The van der Waals surface area contributed by atoms with Crippen molar-refractivity contribution in [2.75, 3.05) is 15.5 Å². The van der Waals surface area contributed by atoms with Gasteiger partial charge >= 0.3 is 6.03 Å². The summed E-state index contributed by atoms with van der Waals surface area (Å²) in [6, 6.07) is 18.3. The lowest BCUT2D eigenvalue weighted by molar-refractivity contribution is 0.102. The monoisotopic (exact) mass is 620 g/mol. The molecule has 3 amide bonds. The number of aromatic amines is 1. The Bertz CT molecular complexity index is 1700. The Morgan fingerprint density at radius 1 is 0.952 bits per heavy atom. The van der Waals surface area contributed by atoms with Crippen LogP contribution >= 0.6 is 34.5 Å². The summed E-state index contributed by atoms with van der Waals surface area (Å²) in [6.07, 6.45) is 6.19. The zero-order valence-electron chi connectivity index (χ0n) is 22.3. The quantitative estimate of drug-likeness (QED) is 0.171. The fraction of sp³-hybridized carbons (Fsp3) is 0.241. The average molecular weight is 622 g/mol. The van der Waals surface area contributed by atoms with Crippen LogP contribution in [0, 0.1) is 0 Å². The van der Waals surface area contributed by atoms with Gasteiger partial charge in [-0.2, -0.15) is 5.21 Å². The molecule has 6 rings (SSSR count). The Morgan fingerprint density at radius 3 is 2.43 bits per heavy atom. The molecule has 13 heteroatoms. The van der Waals surface area contributed by atoms with Crippen LogP contribution in [0.25, 0.3) is 10.2 Å². The molecule has 0 spiro atoms. The molecule has 0 unspecified atom stereocenters. The smallest absolute Gasteiger partial charge is 0.290 e. The number of nitrogens with zero attached hydrogens (tertiary/aromatic N) is 5. The normalized spacial score (nSPS) is 13.7. The predicted molar refractivity (Wildman–Crippen MR) is 166 cm³/mol. The standard InChI is InChI=1S/C29H26Cl2N8O2S/c30-22-14-15-23-25(24(22)31)42-28(32-23)34-29(41)39(21-12-10-19(11-13-21)18-4-2-1-3-5-18)16-17-6-8-20(9-7-17)26(40)33-27-35-37-38-36-27/h6-15,18H,1-5,16H2,(H,32,34,41)(H2,33,35,36,37,38,40). The maximum Gasteiger partial charge on any atom is 0.328 e. The fourth-order valence-corrected chi connectivity index (χ4v) is 6.51. The molecular weight excluding hydrogens is 595 g/mol. The lowest BCUT2D eigenvalue weighted by Crippen LogP contribution is -2.34. The van der Waals surface area contributed by atoms with Crippen LogP contribution in [-0.2, 0) is 6.54 Å². The van der Waals surface area contributed by atoms with Crippen LogP contribution in [0.15, 0.2) is 60.7 Å². The topological polar surface area (TPSA) is 129 Å². The summed E-state index contributed by atoms with van der Waals surface area (Å²) < 4.78 is 0.706. The molecule has 3 aromatic carbocycles. The Hall–Kier alpha value is -4.06. The largest absolute Gasteiger partial charge is 0.328 e. The van der Waals surface area contributed by atoms with Crippen molar-refractivity contribution in [3.63, 3.8) is 0 Å². The molecule has 1 aliphatic rings. The summed E-state index contributed by atoms with van der Waals surface area (Å²) in [5, 5.41) is 20.0. The summed E-state index contributed by atoms with van der Waals surface area (Å²) in [4.78, 5) is 32.4. The number of halogens is 2. The van der Waals surface area contributed by atoms with Crippen molar-refractivity contribution >= 4 is 73.5 Å². The van der Waals surface area contributed by atoms with Crippen molar-refractivity contribution in [1.29, 1.82) is 0 Å². The van der Waals surface area contributed by atoms with Gasteiger partial charge in [-0.15, -0.1) is 5.10 Å². The van der Waals surface area contributed by atoms with E-state index in [1.165, 1.54) is 49.0 Å². The highest BCUT2D eigenvalue weighted by atomic mass is 35.5. The van der Waals surface area contributed by atoms with E-state index in [0.717, 1.165) is 11.3 Å². The highest BCUT2D eigenvalue weighted by Gasteiger charge is 2.21. The van der Waals surface area contributed by atoms with E-state index < -0.39 is 0 Å². The van der Waals surface area contributed by atoms with Crippen molar-refractivity contribution in [3.05, 3.63) is 87.4 Å². The van der Waals surface area contributed by atoms with E-state index in [2.05, 4.69) is 48.4 Å². The summed E-state index contributed by atoms with van der Waals surface area (Å²) in [5.74, 6) is 0.271. The molecule has 42 heavy (non-hydrogen) atoms. The fourth-order valence-electron chi connectivity index (χ4n) is 5.12. The van der Waals surface area contributed by atoms with Crippen LogP contribution in [0.3, 0.4) is 0 Å². The van der Waals surface area contributed by atoms with Crippen molar-refractivity contribution in [3.8, 4) is 0 Å². The zero-order valence-corrected chi connectivity index (χ0v) is 24.6. The van der Waals surface area contributed by atoms with E-state index >= 15 is 0 Å². The Kier molecular flexibility index (Phi) is 8.31. The van der Waals surface area contributed by atoms with Crippen LogP contribution in [0.2, 0.25) is 10.0 Å². The molecule has 1 fully saturated rings. The van der Waals surface area contributed by atoms with Gasteiger partial charge in [-0.1, -0.05) is 83.2 Å². The number of amides is 3. The third-order valence-corrected chi connectivity index (χ3v) is 9.24. The Labute approximate surface area is 255 Å². The summed E-state index contributed by atoms with van der Waals surface area (Å²) in [5.41, 5.74) is 3.95. The number of carbonyl (C=O) groups is 2. The number of urea groups is 1. The minimum absolute atomic E-state index is 0.0852. The SMILES string of the molecule is O=C(Nc1nn[nH]n1)c1ccc(CN(C(=O)Nc2nc3ccc(Cl)c(Cl)c3s2)c2ccc(C3CCCCC3)cc2)cc1. The molecule has 1 aliphatic carbocycles. The number of H-pyrrole nitrogens is 1. The number of anilines is 3. The van der Waals surface area contributed by atoms with Crippen LogP contribution in [0.4, 0.5) is 21.6 Å². The predicted octanol–water partition coefficient (Wildman–Crippen LogP) is 7.65. The molecular formula is C29H26Cl2N8O2S. The number of hydrogen-bond acceptors (Lipinski definition) is 7. The van der Waals surface area contributed by atoms with Gasteiger partial charge in [0.2, 0.25) is 0 Å². The van der Waals surface area contributed by atoms with Gasteiger partial charge in [0.1, 0.15) is 0 Å². The van der Waals surface area contributed by atoms with Gasteiger partial charge in [-0.3, -0.25) is 20.3 Å². The van der Waals surface area contributed by atoms with Gasteiger partial charge in [0, 0.05) is 11.3 Å². The highest BCUT2D eigenvalue weighted by molar-refractivity contribution is 7.23. The van der Waals surface area contributed by atoms with Crippen molar-refractivity contribution in [1.82, 2.24) is 25.6 Å². The maximum atomic E-state index is 13.7. The minimum atomic E-state index is -0.370. The maximum absolute atomic E-state index is 13.7. The van der Waals surface area contributed by atoms with E-state index in [-0.39, 0.29) is 24.4 Å². The van der Waals surface area contributed by atoms with Gasteiger partial charge in [0.05, 0.1) is 26.8 Å². The summed E-state index contributed by atoms with van der Waals surface area (Å²) >= 11 is 13.8. The molecule has 0 radical (unpaired) electrons. The van der Waals surface area contributed by atoms with Crippen LogP contribution in [0.5, 0.6) is 0 Å². The first-order valence-electron chi connectivity index (χ1n) is 13.5. The van der Waals surface area contributed by atoms with E-state index in [1.807, 2.05) is 12.1 Å². The number of rotatable bonds is 7. The first-order chi connectivity index (χ1) is 20.4. The number of tetrazole rings is 1. The lowest BCUT2D eigenvalue weighted by atomic mass is 9.84. The highest BCUT2D eigenvalue weighted by Crippen LogP contribution is 2.37. The van der Waals surface area contributed by atoms with Gasteiger partial charge in [-0.05, 0) is 71.5 Å². The Morgan fingerprint density at radius 2 is 1.71 bits per heavy atom. The minimum Gasteiger partial charge on any atom is -0.290 e. The summed E-state index contributed by atoms with van der Waals surface area (Å²) in [6.45, 7) is 0.263. The van der Waals surface area contributed by atoms with Crippen LogP contribution in [-0.4, -0.2) is 37.5 Å². The van der Waals surface area contributed by atoms with Gasteiger partial charge < -0.3 is 0 Å². The number of fused-ring (bicyclic) bond motifs is 1. The zero-order chi connectivity index (χ0) is 29.1. The summed E-state index contributed by atoms with van der Waals surface area (Å²) in [7, 11) is 0. The first kappa shape index (κ1) is 28.1. The molecule has 10 nitrogen and oxygen atoms in total. The van der Waals surface area contributed by atoms with Crippen molar-refractivity contribution < 1.29 is 9.59 Å². The van der Waals surface area contributed by atoms with Gasteiger partial charge in [-0.25, -0.2) is 9.78 Å². The molecule has 3 N–H and O–H groups in total. The molecule has 2 aromatic heterocycles.